The SMILES string of the molecule is CCCCOC(=O)Oc1c2ccccc2c(OC(=O)OCCCC)c2c(C)c(C)ccc12. The predicted octanol–water partition coefficient (Wildman–Crippen LogP) is 7.24. The molecule has 0 aliphatic rings. The molecule has 3 aromatic rings. The van der Waals surface area contributed by atoms with E-state index >= 15 is 0 Å². The van der Waals surface area contributed by atoms with Crippen LogP contribution in [0.2, 0.25) is 0 Å². The minimum Gasteiger partial charge on any atom is -0.434 e. The summed E-state index contributed by atoms with van der Waals surface area (Å²) in [5.74, 6) is 0.775. The number of ether oxygens (including phenoxy) is 4. The molecular formula is C26H30O6. The average molecular weight is 439 g/mol. The molecule has 0 spiro atoms. The Balaban J connectivity index is 2.13. The normalized spacial score (nSPS) is 10.9. The number of unbranched alkanes of at least 4 members (excludes halogenated alkanes) is 2. The van der Waals surface area contributed by atoms with Gasteiger partial charge in [0.2, 0.25) is 0 Å². The molecule has 32 heavy (non-hydrogen) atoms. The maximum Gasteiger partial charge on any atom is 0.513 e. The van der Waals surface area contributed by atoms with Crippen LogP contribution in [0.3, 0.4) is 0 Å². The molecule has 0 saturated carbocycles. The van der Waals surface area contributed by atoms with Gasteiger partial charge in [-0.05, 0) is 37.8 Å². The molecule has 6 heteroatoms. The van der Waals surface area contributed by atoms with Crippen LogP contribution in [-0.4, -0.2) is 25.5 Å². The Morgan fingerprint density at radius 3 is 1.81 bits per heavy atom. The summed E-state index contributed by atoms with van der Waals surface area (Å²) >= 11 is 0. The first-order valence-corrected chi connectivity index (χ1v) is 11.1. The molecule has 3 aromatic carbocycles. The molecule has 0 fully saturated rings. The highest BCUT2D eigenvalue weighted by molar-refractivity contribution is 6.13. The van der Waals surface area contributed by atoms with E-state index in [9.17, 15) is 9.59 Å². The first kappa shape index (κ1) is 23.4. The van der Waals surface area contributed by atoms with Gasteiger partial charge in [0.05, 0.1) is 13.2 Å². The lowest BCUT2D eigenvalue weighted by Gasteiger charge is -2.18. The number of hydrogen-bond acceptors (Lipinski definition) is 6. The molecule has 0 aromatic heterocycles. The van der Waals surface area contributed by atoms with Gasteiger partial charge in [0, 0.05) is 21.5 Å². The standard InChI is InChI=1S/C26H30O6/c1-5-7-15-29-25(27)31-23-19-11-9-10-12-20(19)24(32-26(28)30-16-8-6-2)22-18(4)17(3)13-14-21(22)23/h9-14H,5-8,15-16H2,1-4H3. The van der Waals surface area contributed by atoms with E-state index in [4.69, 9.17) is 18.9 Å². The molecule has 0 aliphatic heterocycles. The van der Waals surface area contributed by atoms with Gasteiger partial charge in [-0.1, -0.05) is 63.1 Å². The Bertz CT molecular complexity index is 1120. The van der Waals surface area contributed by atoms with Crippen molar-refractivity contribution in [2.75, 3.05) is 13.2 Å². The third-order valence-corrected chi connectivity index (χ3v) is 5.43. The van der Waals surface area contributed by atoms with Crippen molar-refractivity contribution in [2.45, 2.75) is 53.4 Å². The van der Waals surface area contributed by atoms with Crippen LogP contribution in [0.5, 0.6) is 11.5 Å². The molecule has 0 heterocycles. The van der Waals surface area contributed by atoms with Gasteiger partial charge in [-0.25, -0.2) is 9.59 Å². The summed E-state index contributed by atoms with van der Waals surface area (Å²) in [6, 6.07) is 11.2. The molecule has 6 nitrogen and oxygen atoms in total. The highest BCUT2D eigenvalue weighted by Gasteiger charge is 2.22. The maximum absolute atomic E-state index is 12.4. The van der Waals surface area contributed by atoms with Gasteiger partial charge in [0.25, 0.3) is 0 Å². The van der Waals surface area contributed by atoms with Crippen molar-refractivity contribution in [3.05, 3.63) is 47.5 Å². The summed E-state index contributed by atoms with van der Waals surface area (Å²) in [6.45, 7) is 8.57. The van der Waals surface area contributed by atoms with Crippen LogP contribution in [-0.2, 0) is 9.47 Å². The molecule has 0 amide bonds. The van der Waals surface area contributed by atoms with Crippen LogP contribution in [0, 0.1) is 13.8 Å². The van der Waals surface area contributed by atoms with Gasteiger partial charge in [0.1, 0.15) is 5.75 Å². The third kappa shape index (κ3) is 5.13. The minimum absolute atomic E-state index is 0.300. The van der Waals surface area contributed by atoms with Crippen molar-refractivity contribution in [1.29, 1.82) is 0 Å². The molecule has 170 valence electrons. The molecule has 0 atom stereocenters. The quantitative estimate of drug-likeness (QED) is 0.160. The maximum atomic E-state index is 12.4. The minimum atomic E-state index is -0.754. The lowest BCUT2D eigenvalue weighted by Crippen LogP contribution is -2.14. The molecule has 3 rings (SSSR count). The molecular weight excluding hydrogens is 408 g/mol. The second-order valence-corrected chi connectivity index (χ2v) is 7.74. The smallest absolute Gasteiger partial charge is 0.434 e. The van der Waals surface area contributed by atoms with Gasteiger partial charge in [-0.15, -0.1) is 0 Å². The Hall–Kier alpha value is -3.28. The predicted molar refractivity (Wildman–Crippen MR) is 125 cm³/mol. The summed E-state index contributed by atoms with van der Waals surface area (Å²) in [5, 5.41) is 2.66. The van der Waals surface area contributed by atoms with E-state index in [-0.39, 0.29) is 0 Å². The Morgan fingerprint density at radius 2 is 1.25 bits per heavy atom. The van der Waals surface area contributed by atoms with Crippen molar-refractivity contribution in [2.24, 2.45) is 0 Å². The monoisotopic (exact) mass is 438 g/mol. The Kier molecular flexibility index (Phi) is 7.92. The van der Waals surface area contributed by atoms with E-state index in [1.807, 2.05) is 64.1 Å². The zero-order valence-electron chi connectivity index (χ0n) is 19.2. The lowest BCUT2D eigenvalue weighted by atomic mass is 9.95. The first-order valence-electron chi connectivity index (χ1n) is 11.1. The van der Waals surface area contributed by atoms with Crippen LogP contribution in [0.25, 0.3) is 21.5 Å². The van der Waals surface area contributed by atoms with Gasteiger partial charge in [-0.2, -0.15) is 0 Å². The number of carbonyl (C=O) groups is 2. The molecule has 0 bridgehead atoms. The molecule has 0 saturated heterocycles. The van der Waals surface area contributed by atoms with Gasteiger partial charge in [0.15, 0.2) is 5.75 Å². The number of rotatable bonds is 8. The van der Waals surface area contributed by atoms with Crippen LogP contribution < -0.4 is 9.47 Å². The van der Waals surface area contributed by atoms with E-state index in [1.165, 1.54) is 0 Å². The van der Waals surface area contributed by atoms with E-state index in [0.29, 0.717) is 46.3 Å². The van der Waals surface area contributed by atoms with Crippen molar-refractivity contribution in [3.8, 4) is 11.5 Å². The Morgan fingerprint density at radius 1 is 0.719 bits per heavy atom. The number of fused-ring (bicyclic) bond motifs is 2. The molecule has 0 aliphatic carbocycles. The number of aryl methyl sites for hydroxylation is 2. The average Bonchev–Trinajstić information content (AvgIpc) is 2.78. The van der Waals surface area contributed by atoms with Crippen LogP contribution in [0.1, 0.15) is 50.7 Å². The molecule has 0 radical (unpaired) electrons. The zero-order chi connectivity index (χ0) is 23.1. The highest BCUT2D eigenvalue weighted by Crippen LogP contribution is 2.45. The van der Waals surface area contributed by atoms with Gasteiger partial charge >= 0.3 is 12.3 Å². The summed E-state index contributed by atoms with van der Waals surface area (Å²) in [4.78, 5) is 24.8. The largest absolute Gasteiger partial charge is 0.513 e. The van der Waals surface area contributed by atoms with Crippen molar-refractivity contribution in [1.82, 2.24) is 0 Å². The second kappa shape index (κ2) is 10.8. The van der Waals surface area contributed by atoms with E-state index in [1.54, 1.807) is 0 Å². The fourth-order valence-electron chi connectivity index (χ4n) is 3.50. The van der Waals surface area contributed by atoms with Gasteiger partial charge < -0.3 is 18.9 Å². The van der Waals surface area contributed by atoms with E-state index in [2.05, 4.69) is 0 Å². The zero-order valence-corrected chi connectivity index (χ0v) is 19.2. The van der Waals surface area contributed by atoms with E-state index in [0.717, 1.165) is 36.8 Å². The summed E-state index contributed by atoms with van der Waals surface area (Å²) in [7, 11) is 0. The molecule has 0 unspecified atom stereocenters. The number of benzene rings is 3. The fraction of sp³-hybridized carbons (Fsp3) is 0.385. The number of carbonyl (C=O) groups excluding carboxylic acids is 2. The van der Waals surface area contributed by atoms with E-state index < -0.39 is 12.3 Å². The second-order valence-electron chi connectivity index (χ2n) is 7.74. The van der Waals surface area contributed by atoms with Crippen molar-refractivity contribution in [3.63, 3.8) is 0 Å². The number of hydrogen-bond donors (Lipinski definition) is 0. The topological polar surface area (TPSA) is 71.1 Å². The van der Waals surface area contributed by atoms with Crippen molar-refractivity contribution >= 4 is 33.9 Å². The van der Waals surface area contributed by atoms with Crippen LogP contribution >= 0.6 is 0 Å². The van der Waals surface area contributed by atoms with Crippen LogP contribution in [0.4, 0.5) is 9.59 Å². The van der Waals surface area contributed by atoms with Crippen molar-refractivity contribution < 1.29 is 28.5 Å². The summed E-state index contributed by atoms with van der Waals surface area (Å²) in [5.41, 5.74) is 1.95. The van der Waals surface area contributed by atoms with Gasteiger partial charge in [-0.3, -0.25) is 0 Å². The first-order chi connectivity index (χ1) is 15.5. The highest BCUT2D eigenvalue weighted by atomic mass is 16.7. The third-order valence-electron chi connectivity index (χ3n) is 5.43. The Labute approximate surface area is 188 Å². The molecule has 0 N–H and O–H groups in total. The summed E-state index contributed by atoms with van der Waals surface area (Å²) in [6.07, 6.45) is 1.86. The lowest BCUT2D eigenvalue weighted by molar-refractivity contribution is 0.0970. The van der Waals surface area contributed by atoms with Crippen LogP contribution in [0.15, 0.2) is 36.4 Å². The fourth-order valence-corrected chi connectivity index (χ4v) is 3.50. The summed E-state index contributed by atoms with van der Waals surface area (Å²) < 4.78 is 21.9.